The molecule has 1 unspecified atom stereocenters. The minimum atomic E-state index is -0.661. The highest BCUT2D eigenvalue weighted by Crippen LogP contribution is 2.45. The number of aryl methyl sites for hydroxylation is 1. The number of carbonyl (C=O) groups excluding carboxylic acids is 1. The lowest BCUT2D eigenvalue weighted by molar-refractivity contribution is 0.0247. The summed E-state index contributed by atoms with van der Waals surface area (Å²) in [5.41, 5.74) is 8.33. The van der Waals surface area contributed by atoms with Crippen LogP contribution in [0.3, 0.4) is 0 Å². The zero-order valence-corrected chi connectivity index (χ0v) is 23.6. The van der Waals surface area contributed by atoms with E-state index < -0.39 is 17.5 Å². The van der Waals surface area contributed by atoms with Crippen molar-refractivity contribution in [2.24, 2.45) is 13.0 Å². The summed E-state index contributed by atoms with van der Waals surface area (Å²) in [6, 6.07) is 5.97. The van der Waals surface area contributed by atoms with E-state index in [0.717, 1.165) is 43.5 Å². The zero-order chi connectivity index (χ0) is 28.6. The van der Waals surface area contributed by atoms with Crippen LogP contribution < -0.4 is 10.5 Å². The molecule has 2 N–H and O–H groups in total. The fraction of sp³-hybridized carbons (Fsp3) is 0.452. The fourth-order valence-electron chi connectivity index (χ4n) is 7.04. The van der Waals surface area contributed by atoms with Gasteiger partial charge in [-0.05, 0) is 49.6 Å². The summed E-state index contributed by atoms with van der Waals surface area (Å²) in [6.45, 7) is 4.36. The van der Waals surface area contributed by atoms with Gasteiger partial charge in [-0.3, -0.25) is 9.48 Å². The second kappa shape index (κ2) is 9.37. The summed E-state index contributed by atoms with van der Waals surface area (Å²) >= 11 is 0. The number of nitrogen functional groups attached to an aromatic ring is 1. The van der Waals surface area contributed by atoms with Gasteiger partial charge in [0.1, 0.15) is 17.2 Å². The van der Waals surface area contributed by atoms with Gasteiger partial charge in [0.05, 0.1) is 34.2 Å². The summed E-state index contributed by atoms with van der Waals surface area (Å²) in [6.07, 6.45) is 5.54. The van der Waals surface area contributed by atoms with Crippen LogP contribution in [0.15, 0.2) is 30.5 Å². The Hall–Kier alpha value is -3.79. The van der Waals surface area contributed by atoms with E-state index in [9.17, 15) is 4.79 Å². The van der Waals surface area contributed by atoms with E-state index in [0.29, 0.717) is 46.9 Å². The molecule has 2 saturated heterocycles. The number of ether oxygens (including phenoxy) is 1. The van der Waals surface area contributed by atoms with Gasteiger partial charge in [0.25, 0.3) is 5.91 Å². The second-order valence-corrected chi connectivity index (χ2v) is 12.3. The van der Waals surface area contributed by atoms with Crippen molar-refractivity contribution in [1.29, 1.82) is 0 Å². The summed E-state index contributed by atoms with van der Waals surface area (Å²) in [7, 11) is 3.86. The van der Waals surface area contributed by atoms with Crippen LogP contribution in [0.5, 0.6) is 5.75 Å². The number of benzene rings is 2. The number of fused-ring (bicyclic) bond motifs is 4. The first kappa shape index (κ1) is 26.1. The number of hydrogen-bond donors (Lipinski definition) is 1. The molecule has 2 aromatic heterocycles. The molecular formula is C31H34F2N6O2. The van der Waals surface area contributed by atoms with E-state index in [1.807, 2.05) is 6.07 Å². The van der Waals surface area contributed by atoms with E-state index in [4.69, 9.17) is 10.5 Å². The lowest BCUT2D eigenvalue weighted by Gasteiger charge is -2.39. The maximum Gasteiger partial charge on any atom is 0.257 e. The van der Waals surface area contributed by atoms with Crippen molar-refractivity contribution in [1.82, 2.24) is 24.6 Å². The van der Waals surface area contributed by atoms with Gasteiger partial charge in [-0.1, -0.05) is 6.92 Å². The Bertz CT molecular complexity index is 1710. The van der Waals surface area contributed by atoms with Crippen molar-refractivity contribution in [2.75, 3.05) is 32.4 Å². The van der Waals surface area contributed by atoms with Crippen LogP contribution in [0.4, 0.5) is 14.6 Å². The van der Waals surface area contributed by atoms with Crippen molar-refractivity contribution < 1.29 is 18.3 Å². The number of hydrogen-bond acceptors (Lipinski definition) is 6. The van der Waals surface area contributed by atoms with Crippen LogP contribution in [0.25, 0.3) is 21.8 Å². The molecule has 0 aliphatic carbocycles. The quantitative estimate of drug-likeness (QED) is 0.372. The molecule has 0 radical (unpaired) electrons. The lowest BCUT2D eigenvalue weighted by atomic mass is 9.85. The maximum absolute atomic E-state index is 15.6. The normalized spacial score (nSPS) is 22.4. The number of amides is 1. The monoisotopic (exact) mass is 560 g/mol. The summed E-state index contributed by atoms with van der Waals surface area (Å²) in [5, 5.41) is 5.53. The zero-order valence-electron chi connectivity index (χ0n) is 23.6. The number of aromatic nitrogens is 3. The number of rotatable bonds is 2. The van der Waals surface area contributed by atoms with E-state index in [1.54, 1.807) is 28.9 Å². The first-order valence-corrected chi connectivity index (χ1v) is 14.3. The average Bonchev–Trinajstić information content (AvgIpc) is 3.51. The molecule has 2 fully saturated rings. The molecule has 0 bridgehead atoms. The van der Waals surface area contributed by atoms with Gasteiger partial charge in [-0.15, -0.1) is 0 Å². The molecule has 8 nitrogen and oxygen atoms in total. The highest BCUT2D eigenvalue weighted by atomic mass is 19.1. The summed E-state index contributed by atoms with van der Waals surface area (Å²) < 4.78 is 39.0. The molecule has 10 heteroatoms. The Morgan fingerprint density at radius 3 is 2.63 bits per heavy atom. The predicted molar refractivity (Wildman–Crippen MR) is 153 cm³/mol. The third-order valence-corrected chi connectivity index (χ3v) is 9.36. The highest BCUT2D eigenvalue weighted by Gasteiger charge is 2.43. The molecule has 1 spiro atoms. The van der Waals surface area contributed by atoms with Gasteiger partial charge in [0, 0.05) is 63.0 Å². The van der Waals surface area contributed by atoms with Crippen molar-refractivity contribution in [2.45, 2.75) is 50.7 Å². The minimum Gasteiger partial charge on any atom is -0.483 e. The molecule has 2 atom stereocenters. The van der Waals surface area contributed by atoms with E-state index in [-0.39, 0.29) is 28.9 Å². The van der Waals surface area contributed by atoms with Crippen LogP contribution in [0, 0.1) is 17.6 Å². The number of nitrogens with zero attached hydrogens (tertiary/aromatic N) is 5. The summed E-state index contributed by atoms with van der Waals surface area (Å²) in [4.78, 5) is 22.4. The topological polar surface area (TPSA) is 89.5 Å². The lowest BCUT2D eigenvalue weighted by Crippen LogP contribution is -2.46. The van der Waals surface area contributed by atoms with Gasteiger partial charge in [-0.25, -0.2) is 13.8 Å². The highest BCUT2D eigenvalue weighted by molar-refractivity contribution is 6.10. The molecule has 214 valence electrons. The molecule has 2 aromatic carbocycles. The minimum absolute atomic E-state index is 0.0408. The molecule has 7 rings (SSSR count). The van der Waals surface area contributed by atoms with E-state index in [1.165, 1.54) is 12.1 Å². The molecule has 0 saturated carbocycles. The predicted octanol–water partition coefficient (Wildman–Crippen LogP) is 4.99. The third-order valence-electron chi connectivity index (χ3n) is 9.36. The SMILES string of the molecule is C[C@H]1CCC(c2cc(F)c3c(c2)CC2(CCN(C)CC2)O3)N(C(=O)c2cc3c(cc2F)nc(N)c2cnn(C)c23)C1. The van der Waals surface area contributed by atoms with Crippen LogP contribution in [0.1, 0.15) is 60.1 Å². The first-order valence-electron chi connectivity index (χ1n) is 14.3. The van der Waals surface area contributed by atoms with E-state index in [2.05, 4.69) is 29.0 Å². The number of nitrogens with two attached hydrogens (primary N) is 1. The number of pyridine rings is 1. The standard InChI is InChI=1S/C31H34F2N6O2/c1-17-4-5-26(18-10-19-14-31(6-8-37(2)9-7-31)41-28(19)24(33)11-18)39(16-17)30(40)20-12-21-25(13-23(20)32)36-29(34)22-15-35-38(3)27(21)22/h10-13,15,17,26H,4-9,14,16H2,1-3H3,(H2,34,36)/t17-,26?/m0/s1. The Kier molecular flexibility index (Phi) is 5.97. The third kappa shape index (κ3) is 4.22. The van der Waals surface area contributed by atoms with Gasteiger partial charge >= 0.3 is 0 Å². The van der Waals surface area contributed by atoms with E-state index >= 15 is 8.78 Å². The van der Waals surface area contributed by atoms with Crippen LogP contribution in [-0.4, -0.2) is 62.8 Å². The van der Waals surface area contributed by atoms with Crippen LogP contribution in [-0.2, 0) is 13.5 Å². The van der Waals surface area contributed by atoms with Gasteiger partial charge in [0.2, 0.25) is 0 Å². The largest absolute Gasteiger partial charge is 0.483 e. The Morgan fingerprint density at radius 1 is 1.07 bits per heavy atom. The molecule has 41 heavy (non-hydrogen) atoms. The van der Waals surface area contributed by atoms with Gasteiger partial charge in [-0.2, -0.15) is 5.10 Å². The van der Waals surface area contributed by atoms with Gasteiger partial charge < -0.3 is 20.3 Å². The molecule has 3 aliphatic heterocycles. The van der Waals surface area contributed by atoms with Crippen LogP contribution >= 0.6 is 0 Å². The first-order chi connectivity index (χ1) is 19.6. The Labute approximate surface area is 237 Å². The molecule has 4 aromatic rings. The molecule has 3 aliphatic rings. The molecular weight excluding hydrogens is 526 g/mol. The van der Waals surface area contributed by atoms with Crippen molar-refractivity contribution in [3.63, 3.8) is 0 Å². The average molecular weight is 561 g/mol. The fourth-order valence-corrected chi connectivity index (χ4v) is 7.04. The summed E-state index contributed by atoms with van der Waals surface area (Å²) in [5.74, 6) is -0.642. The van der Waals surface area contributed by atoms with Crippen molar-refractivity contribution in [3.8, 4) is 5.75 Å². The Morgan fingerprint density at radius 2 is 1.85 bits per heavy atom. The number of carbonyl (C=O) groups is 1. The maximum atomic E-state index is 15.6. The number of halogens is 2. The number of anilines is 1. The molecule has 5 heterocycles. The van der Waals surface area contributed by atoms with Gasteiger partial charge in [0.15, 0.2) is 11.6 Å². The second-order valence-electron chi connectivity index (χ2n) is 12.3. The Balaban J connectivity index is 1.26. The van der Waals surface area contributed by atoms with Crippen molar-refractivity contribution >= 4 is 33.5 Å². The van der Waals surface area contributed by atoms with Crippen molar-refractivity contribution in [3.05, 3.63) is 58.8 Å². The number of likely N-dealkylation sites (tertiary alicyclic amines) is 2. The number of piperidine rings is 2. The van der Waals surface area contributed by atoms with Crippen LogP contribution in [0.2, 0.25) is 0 Å². The smallest absolute Gasteiger partial charge is 0.257 e. The molecule has 1 amide bonds.